The summed E-state index contributed by atoms with van der Waals surface area (Å²) in [6.45, 7) is 2.75. The van der Waals surface area contributed by atoms with Gasteiger partial charge in [-0.15, -0.1) is 0 Å². The van der Waals surface area contributed by atoms with Gasteiger partial charge < -0.3 is 16.2 Å². The summed E-state index contributed by atoms with van der Waals surface area (Å²) in [6.07, 6.45) is 0. The average Bonchev–Trinajstić information content (AvgIpc) is 2.30. The molecule has 112 valence electrons. The Morgan fingerprint density at radius 2 is 1.85 bits per heavy atom. The van der Waals surface area contributed by atoms with Gasteiger partial charge in [0, 0.05) is 5.69 Å². The number of hydrogen-bond donors (Lipinski definition) is 3. The quantitative estimate of drug-likeness (QED) is 0.603. The zero-order valence-corrected chi connectivity index (χ0v) is 12.2. The van der Waals surface area contributed by atoms with Crippen LogP contribution < -0.4 is 20.9 Å². The molecule has 0 saturated heterocycles. The van der Waals surface area contributed by atoms with Crippen molar-refractivity contribution in [2.45, 2.75) is 19.4 Å². The van der Waals surface area contributed by atoms with Gasteiger partial charge in [0.05, 0.1) is 5.75 Å². The highest BCUT2D eigenvalue weighted by atomic mass is 32.2. The van der Waals surface area contributed by atoms with E-state index in [4.69, 9.17) is 16.2 Å². The molecule has 0 aliphatic carbocycles. The fourth-order valence-electron chi connectivity index (χ4n) is 1.32. The minimum atomic E-state index is -3.66. The molecule has 0 radical (unpaired) electrons. The maximum atomic E-state index is 11.8. The predicted octanol–water partition coefficient (Wildman–Crippen LogP) is -0.169. The van der Waals surface area contributed by atoms with Gasteiger partial charge in [-0.3, -0.25) is 4.79 Å². The SMILES string of the molecule is CC(C)(NS(=O)(=O)CCOc1ccc(N)cc1)C(N)=O. The maximum Gasteiger partial charge on any atom is 0.238 e. The van der Waals surface area contributed by atoms with E-state index in [1.807, 2.05) is 0 Å². The molecule has 20 heavy (non-hydrogen) atoms. The number of primary amides is 1. The van der Waals surface area contributed by atoms with Crippen LogP contribution in [-0.4, -0.2) is 32.2 Å². The van der Waals surface area contributed by atoms with Crippen molar-refractivity contribution in [1.82, 2.24) is 4.72 Å². The minimum absolute atomic E-state index is 0.0475. The molecule has 8 heteroatoms. The zero-order valence-electron chi connectivity index (χ0n) is 11.4. The standard InChI is InChI=1S/C12H19N3O4S/c1-12(2,11(14)16)15-20(17,18)8-7-19-10-5-3-9(13)4-6-10/h3-6,15H,7-8,13H2,1-2H3,(H2,14,16). The molecule has 0 aliphatic heterocycles. The molecule has 0 atom stereocenters. The second kappa shape index (κ2) is 6.10. The molecule has 5 N–H and O–H groups in total. The lowest BCUT2D eigenvalue weighted by molar-refractivity contribution is -0.122. The molecule has 0 bridgehead atoms. The first-order chi connectivity index (χ1) is 9.12. The van der Waals surface area contributed by atoms with Crippen molar-refractivity contribution >= 4 is 21.6 Å². The number of ether oxygens (including phenoxy) is 1. The van der Waals surface area contributed by atoms with E-state index >= 15 is 0 Å². The largest absolute Gasteiger partial charge is 0.492 e. The molecule has 0 saturated carbocycles. The Kier molecular flexibility index (Phi) is 4.96. The number of carbonyl (C=O) groups excluding carboxylic acids is 1. The lowest BCUT2D eigenvalue weighted by atomic mass is 10.1. The van der Waals surface area contributed by atoms with Crippen LogP contribution in [0.1, 0.15) is 13.8 Å². The third-order valence-corrected chi connectivity index (χ3v) is 4.05. The molecule has 0 fully saturated rings. The van der Waals surface area contributed by atoms with Gasteiger partial charge in [-0.25, -0.2) is 13.1 Å². The predicted molar refractivity (Wildman–Crippen MR) is 76.5 cm³/mol. The number of sulfonamides is 1. The number of carbonyl (C=O) groups is 1. The third kappa shape index (κ3) is 5.06. The van der Waals surface area contributed by atoms with E-state index in [-0.39, 0.29) is 12.4 Å². The maximum absolute atomic E-state index is 11.8. The van der Waals surface area contributed by atoms with Gasteiger partial charge in [0.25, 0.3) is 0 Å². The summed E-state index contributed by atoms with van der Waals surface area (Å²) in [5, 5.41) is 0. The fraction of sp³-hybridized carbons (Fsp3) is 0.417. The second-order valence-electron chi connectivity index (χ2n) is 4.83. The third-order valence-electron chi connectivity index (χ3n) is 2.53. The van der Waals surface area contributed by atoms with Gasteiger partial charge in [-0.2, -0.15) is 0 Å². The summed E-state index contributed by atoms with van der Waals surface area (Å²) in [6, 6.07) is 6.59. The minimum Gasteiger partial charge on any atom is -0.492 e. The van der Waals surface area contributed by atoms with Gasteiger partial charge in [0.15, 0.2) is 0 Å². The zero-order chi connectivity index (χ0) is 15.4. The van der Waals surface area contributed by atoms with Gasteiger partial charge in [-0.05, 0) is 38.1 Å². The van der Waals surface area contributed by atoms with Gasteiger partial charge in [-0.1, -0.05) is 0 Å². The summed E-state index contributed by atoms with van der Waals surface area (Å²) in [7, 11) is -3.66. The van der Waals surface area contributed by atoms with Crippen LogP contribution in [0.5, 0.6) is 5.75 Å². The number of anilines is 1. The summed E-state index contributed by atoms with van der Waals surface area (Å²) < 4.78 is 31.1. The average molecular weight is 301 g/mol. The van der Waals surface area contributed by atoms with Crippen molar-refractivity contribution < 1.29 is 17.9 Å². The first-order valence-electron chi connectivity index (χ1n) is 5.92. The molecule has 0 aromatic heterocycles. The van der Waals surface area contributed by atoms with Crippen LogP contribution in [0, 0.1) is 0 Å². The normalized spacial score (nSPS) is 12.1. The van der Waals surface area contributed by atoms with Crippen molar-refractivity contribution in [2.24, 2.45) is 5.73 Å². The Labute approximate surface area is 118 Å². The van der Waals surface area contributed by atoms with Crippen molar-refractivity contribution in [2.75, 3.05) is 18.1 Å². The Balaban J connectivity index is 2.52. The Hall–Kier alpha value is -1.80. The molecule has 1 amide bonds. The summed E-state index contributed by atoms with van der Waals surface area (Å²) >= 11 is 0. The molecule has 1 rings (SSSR count). The monoisotopic (exact) mass is 301 g/mol. The number of nitrogens with two attached hydrogens (primary N) is 2. The molecule has 0 aliphatic rings. The van der Waals surface area contributed by atoms with Crippen LogP contribution in [-0.2, 0) is 14.8 Å². The Bertz CT molecular complexity index is 567. The highest BCUT2D eigenvalue weighted by Gasteiger charge is 2.30. The number of nitrogen functional groups attached to an aromatic ring is 1. The fourth-order valence-corrected chi connectivity index (χ4v) is 2.61. The number of nitrogens with one attached hydrogen (secondary N) is 1. The first-order valence-corrected chi connectivity index (χ1v) is 7.57. The smallest absolute Gasteiger partial charge is 0.238 e. The van der Waals surface area contributed by atoms with Crippen LogP contribution >= 0.6 is 0 Å². The number of hydrogen-bond acceptors (Lipinski definition) is 5. The molecular weight excluding hydrogens is 282 g/mol. The van der Waals surface area contributed by atoms with Crippen LogP contribution in [0.15, 0.2) is 24.3 Å². The molecule has 0 unspecified atom stereocenters. The van der Waals surface area contributed by atoms with Gasteiger partial charge >= 0.3 is 0 Å². The molecule has 1 aromatic carbocycles. The number of benzene rings is 1. The van der Waals surface area contributed by atoms with Crippen LogP contribution in [0.2, 0.25) is 0 Å². The topological polar surface area (TPSA) is 125 Å². The van der Waals surface area contributed by atoms with Gasteiger partial charge in [0.2, 0.25) is 15.9 Å². The first kappa shape index (κ1) is 16.3. The molecule has 0 spiro atoms. The van der Waals surface area contributed by atoms with E-state index in [1.165, 1.54) is 13.8 Å². The number of rotatable bonds is 7. The van der Waals surface area contributed by atoms with Crippen molar-refractivity contribution in [1.29, 1.82) is 0 Å². The van der Waals surface area contributed by atoms with E-state index in [1.54, 1.807) is 24.3 Å². The highest BCUT2D eigenvalue weighted by molar-refractivity contribution is 7.89. The summed E-state index contributed by atoms with van der Waals surface area (Å²) in [5.74, 6) is -0.516. The van der Waals surface area contributed by atoms with E-state index in [2.05, 4.69) is 4.72 Å². The van der Waals surface area contributed by atoms with Gasteiger partial charge in [0.1, 0.15) is 17.9 Å². The van der Waals surface area contributed by atoms with Crippen molar-refractivity contribution in [3.8, 4) is 5.75 Å². The Morgan fingerprint density at radius 1 is 1.30 bits per heavy atom. The molecule has 1 aromatic rings. The van der Waals surface area contributed by atoms with E-state index in [9.17, 15) is 13.2 Å². The van der Waals surface area contributed by atoms with E-state index < -0.39 is 21.5 Å². The summed E-state index contributed by atoms with van der Waals surface area (Å²) in [5.41, 5.74) is 9.88. The molecule has 7 nitrogen and oxygen atoms in total. The lowest BCUT2D eigenvalue weighted by Gasteiger charge is -2.21. The van der Waals surface area contributed by atoms with Crippen molar-refractivity contribution in [3.05, 3.63) is 24.3 Å². The van der Waals surface area contributed by atoms with E-state index in [0.717, 1.165) is 0 Å². The van der Waals surface area contributed by atoms with Crippen LogP contribution in [0.3, 0.4) is 0 Å². The van der Waals surface area contributed by atoms with Crippen LogP contribution in [0.25, 0.3) is 0 Å². The summed E-state index contributed by atoms with van der Waals surface area (Å²) in [4.78, 5) is 11.1. The lowest BCUT2D eigenvalue weighted by Crippen LogP contribution is -2.53. The van der Waals surface area contributed by atoms with Crippen molar-refractivity contribution in [3.63, 3.8) is 0 Å². The highest BCUT2D eigenvalue weighted by Crippen LogP contribution is 2.13. The van der Waals surface area contributed by atoms with E-state index in [0.29, 0.717) is 11.4 Å². The second-order valence-corrected chi connectivity index (χ2v) is 6.67. The van der Waals surface area contributed by atoms with Crippen LogP contribution in [0.4, 0.5) is 5.69 Å². The molecular formula is C12H19N3O4S. The number of amides is 1. The Morgan fingerprint density at radius 3 is 2.35 bits per heavy atom. The molecule has 0 heterocycles.